The molecular weight excluding hydrogens is 282 g/mol. The smallest absolute Gasteiger partial charge is 0.299 e. The maximum Gasteiger partial charge on any atom is 0.328 e. The van der Waals surface area contributed by atoms with Crippen LogP contribution in [0, 0.1) is 10.1 Å². The number of rotatable bonds is 5. The average Bonchev–Trinajstić information content (AvgIpc) is 2.74. The molecule has 0 radical (unpaired) electrons. The molecule has 0 bridgehead atoms. The normalized spacial score (nSPS) is 10.7. The molecule has 0 N–H and O–H groups in total. The molecule has 20 heavy (non-hydrogen) atoms. The molecule has 0 saturated carbocycles. The third-order valence-electron chi connectivity index (χ3n) is 2.97. The van der Waals surface area contributed by atoms with Gasteiger partial charge in [-0.3, -0.25) is 19.2 Å². The van der Waals surface area contributed by atoms with Gasteiger partial charge in [-0.05, 0) is 18.6 Å². The molecule has 0 aliphatic heterocycles. The summed E-state index contributed by atoms with van der Waals surface area (Å²) in [6.45, 7) is 2.77. The minimum atomic E-state index is -0.491. The first-order chi connectivity index (χ1) is 9.52. The maximum absolute atomic E-state index is 12.0. The summed E-state index contributed by atoms with van der Waals surface area (Å²) >= 11 is 5.76. The van der Waals surface area contributed by atoms with Gasteiger partial charge in [0.15, 0.2) is 0 Å². The Kier molecular flexibility index (Phi) is 4.24. The fourth-order valence-corrected chi connectivity index (χ4v) is 2.18. The van der Waals surface area contributed by atoms with Crippen LogP contribution in [0.25, 0.3) is 0 Å². The Balaban J connectivity index is 2.35. The maximum atomic E-state index is 12.0. The van der Waals surface area contributed by atoms with Gasteiger partial charge in [-0.1, -0.05) is 18.5 Å². The molecule has 6 nitrogen and oxygen atoms in total. The molecule has 0 amide bonds. The summed E-state index contributed by atoms with van der Waals surface area (Å²) in [5.41, 5.74) is 0.208. The van der Waals surface area contributed by atoms with Crippen molar-refractivity contribution in [3.05, 3.63) is 61.8 Å². The van der Waals surface area contributed by atoms with Crippen LogP contribution < -0.4 is 5.69 Å². The molecule has 0 aliphatic carbocycles. The number of aromatic nitrogens is 2. The Morgan fingerprint density at radius 1 is 1.30 bits per heavy atom. The van der Waals surface area contributed by atoms with Crippen LogP contribution in [0.1, 0.15) is 18.9 Å². The van der Waals surface area contributed by atoms with Gasteiger partial charge in [-0.2, -0.15) is 0 Å². The topological polar surface area (TPSA) is 70.1 Å². The molecule has 1 aromatic carbocycles. The number of hydrogen-bond acceptors (Lipinski definition) is 3. The lowest BCUT2D eigenvalue weighted by Gasteiger charge is -2.04. The highest BCUT2D eigenvalue weighted by Crippen LogP contribution is 2.23. The van der Waals surface area contributed by atoms with Gasteiger partial charge in [0.05, 0.1) is 11.5 Å². The number of benzene rings is 1. The van der Waals surface area contributed by atoms with Crippen molar-refractivity contribution >= 4 is 17.3 Å². The van der Waals surface area contributed by atoms with Crippen molar-refractivity contribution in [1.82, 2.24) is 9.13 Å². The first-order valence-corrected chi connectivity index (χ1v) is 6.59. The Morgan fingerprint density at radius 2 is 2.00 bits per heavy atom. The molecule has 2 rings (SSSR count). The Hall–Kier alpha value is -2.08. The highest BCUT2D eigenvalue weighted by atomic mass is 35.5. The fourth-order valence-electron chi connectivity index (χ4n) is 2.01. The van der Waals surface area contributed by atoms with Crippen LogP contribution in [0.15, 0.2) is 35.4 Å². The van der Waals surface area contributed by atoms with Gasteiger partial charge in [0.1, 0.15) is 0 Å². The van der Waals surface area contributed by atoms with Gasteiger partial charge in [-0.25, -0.2) is 4.79 Å². The van der Waals surface area contributed by atoms with E-state index < -0.39 is 4.92 Å². The van der Waals surface area contributed by atoms with Crippen molar-refractivity contribution < 1.29 is 4.92 Å². The molecule has 1 heterocycles. The second-order valence-electron chi connectivity index (χ2n) is 4.43. The average molecular weight is 296 g/mol. The van der Waals surface area contributed by atoms with Crippen molar-refractivity contribution in [2.24, 2.45) is 0 Å². The van der Waals surface area contributed by atoms with Crippen LogP contribution in [-0.2, 0) is 13.1 Å². The standard InChI is InChI=1S/C13H14ClN3O3/c1-2-5-15-6-7-16(13(15)18)9-10-3-4-11(14)8-12(10)17(19)20/h3-4,6-8H,2,5,9H2,1H3. The van der Waals surface area contributed by atoms with Gasteiger partial charge in [0, 0.05) is 35.6 Å². The summed E-state index contributed by atoms with van der Waals surface area (Å²) < 4.78 is 3.04. The molecule has 2 aromatic rings. The predicted molar refractivity (Wildman–Crippen MR) is 76.2 cm³/mol. The number of nitro benzene ring substituents is 1. The molecule has 0 atom stereocenters. The molecule has 0 saturated heterocycles. The number of imidazole rings is 1. The molecule has 7 heteroatoms. The molecule has 106 valence electrons. The van der Waals surface area contributed by atoms with Crippen molar-refractivity contribution in [2.75, 3.05) is 0 Å². The minimum absolute atomic E-state index is 0.0763. The van der Waals surface area contributed by atoms with E-state index in [1.54, 1.807) is 29.1 Å². The van der Waals surface area contributed by atoms with Crippen LogP contribution in [0.3, 0.4) is 0 Å². The predicted octanol–water partition coefficient (Wildman–Crippen LogP) is 2.67. The zero-order valence-corrected chi connectivity index (χ0v) is 11.7. The van der Waals surface area contributed by atoms with Gasteiger partial charge < -0.3 is 0 Å². The lowest BCUT2D eigenvalue weighted by Crippen LogP contribution is -2.24. The van der Waals surface area contributed by atoms with E-state index in [4.69, 9.17) is 11.6 Å². The van der Waals surface area contributed by atoms with E-state index >= 15 is 0 Å². The Morgan fingerprint density at radius 3 is 2.65 bits per heavy atom. The first-order valence-electron chi connectivity index (χ1n) is 6.21. The number of nitrogens with zero attached hydrogens (tertiary/aromatic N) is 3. The van der Waals surface area contributed by atoms with Crippen molar-refractivity contribution in [2.45, 2.75) is 26.4 Å². The summed E-state index contributed by atoms with van der Waals surface area (Å²) in [5.74, 6) is 0. The first kappa shape index (κ1) is 14.3. The van der Waals surface area contributed by atoms with Gasteiger partial charge in [0.2, 0.25) is 0 Å². The van der Waals surface area contributed by atoms with Gasteiger partial charge in [-0.15, -0.1) is 0 Å². The van der Waals surface area contributed by atoms with Crippen molar-refractivity contribution in [3.8, 4) is 0 Å². The SMILES string of the molecule is CCCn1ccn(Cc2ccc(Cl)cc2[N+](=O)[O-])c1=O. The molecule has 0 fully saturated rings. The van der Waals surface area contributed by atoms with Crippen LogP contribution in [0.5, 0.6) is 0 Å². The third kappa shape index (κ3) is 2.91. The zero-order valence-electron chi connectivity index (χ0n) is 11.0. The van der Waals surface area contributed by atoms with E-state index in [0.717, 1.165) is 6.42 Å². The third-order valence-corrected chi connectivity index (χ3v) is 3.20. The molecular formula is C13H14ClN3O3. The highest BCUT2D eigenvalue weighted by molar-refractivity contribution is 6.30. The Bertz CT molecular complexity index is 690. The van der Waals surface area contributed by atoms with E-state index in [-0.39, 0.29) is 17.9 Å². The molecule has 0 unspecified atom stereocenters. The zero-order chi connectivity index (χ0) is 14.7. The minimum Gasteiger partial charge on any atom is -0.299 e. The molecule has 0 aliphatic rings. The summed E-state index contributed by atoms with van der Waals surface area (Å²) in [5, 5.41) is 11.3. The fraction of sp³-hybridized carbons (Fsp3) is 0.308. The van der Waals surface area contributed by atoms with E-state index in [1.165, 1.54) is 10.6 Å². The number of aryl methyl sites for hydroxylation is 1. The highest BCUT2D eigenvalue weighted by Gasteiger charge is 2.15. The number of halogens is 1. The van der Waals surface area contributed by atoms with Crippen molar-refractivity contribution in [3.63, 3.8) is 0 Å². The van der Waals surface area contributed by atoms with Crippen LogP contribution in [0.2, 0.25) is 5.02 Å². The lowest BCUT2D eigenvalue weighted by atomic mass is 10.2. The quantitative estimate of drug-likeness (QED) is 0.629. The number of nitro groups is 1. The van der Waals surface area contributed by atoms with E-state index in [0.29, 0.717) is 17.1 Å². The second kappa shape index (κ2) is 5.92. The summed E-state index contributed by atoms with van der Waals surface area (Å²) in [7, 11) is 0. The Labute approximate surface area is 120 Å². The van der Waals surface area contributed by atoms with E-state index in [2.05, 4.69) is 0 Å². The summed E-state index contributed by atoms with van der Waals surface area (Å²) in [4.78, 5) is 22.6. The largest absolute Gasteiger partial charge is 0.328 e. The lowest BCUT2D eigenvalue weighted by molar-refractivity contribution is -0.385. The molecule has 1 aromatic heterocycles. The van der Waals surface area contributed by atoms with Crippen LogP contribution >= 0.6 is 11.6 Å². The summed E-state index contributed by atoms with van der Waals surface area (Å²) in [6, 6.07) is 4.45. The summed E-state index contributed by atoms with van der Waals surface area (Å²) in [6.07, 6.45) is 4.18. The van der Waals surface area contributed by atoms with Crippen LogP contribution in [-0.4, -0.2) is 14.1 Å². The second-order valence-corrected chi connectivity index (χ2v) is 4.87. The van der Waals surface area contributed by atoms with Crippen LogP contribution in [0.4, 0.5) is 5.69 Å². The van der Waals surface area contributed by atoms with Gasteiger partial charge >= 0.3 is 5.69 Å². The van der Waals surface area contributed by atoms with E-state index in [9.17, 15) is 14.9 Å². The molecule has 0 spiro atoms. The van der Waals surface area contributed by atoms with Crippen molar-refractivity contribution in [1.29, 1.82) is 0 Å². The number of hydrogen-bond donors (Lipinski definition) is 0. The van der Waals surface area contributed by atoms with E-state index in [1.807, 2.05) is 6.92 Å². The van der Waals surface area contributed by atoms with Gasteiger partial charge in [0.25, 0.3) is 5.69 Å². The monoisotopic (exact) mass is 295 g/mol.